The summed E-state index contributed by atoms with van der Waals surface area (Å²) in [4.78, 5) is 13.7. The Morgan fingerprint density at radius 3 is 2.16 bits per heavy atom. The number of para-hydroxylation sites is 1. The van der Waals surface area contributed by atoms with E-state index in [2.05, 4.69) is 14.8 Å². The van der Waals surface area contributed by atoms with Crippen molar-refractivity contribution in [2.75, 3.05) is 50.2 Å². The molecular formula is C27H24ClF3N4O2. The van der Waals surface area contributed by atoms with Crippen molar-refractivity contribution in [2.24, 2.45) is 0 Å². The Hall–Kier alpha value is -3.72. The lowest BCUT2D eigenvalue weighted by atomic mass is 10.1. The van der Waals surface area contributed by atoms with E-state index in [4.69, 9.17) is 26.1 Å². The van der Waals surface area contributed by atoms with Gasteiger partial charge in [0.1, 0.15) is 5.82 Å². The fourth-order valence-corrected chi connectivity index (χ4v) is 4.77. The Labute approximate surface area is 217 Å². The fraction of sp³-hybridized carbons (Fsp3) is 0.259. The lowest BCUT2D eigenvalue weighted by Gasteiger charge is -2.37. The van der Waals surface area contributed by atoms with Gasteiger partial charge in [-0.3, -0.25) is 0 Å². The minimum Gasteiger partial charge on any atom is -0.493 e. The van der Waals surface area contributed by atoms with Crippen molar-refractivity contribution in [3.63, 3.8) is 0 Å². The van der Waals surface area contributed by atoms with Crippen molar-refractivity contribution in [3.8, 4) is 22.9 Å². The van der Waals surface area contributed by atoms with Gasteiger partial charge in [-0.1, -0.05) is 35.9 Å². The van der Waals surface area contributed by atoms with Crippen LogP contribution in [-0.2, 0) is 6.18 Å². The first kappa shape index (κ1) is 25.0. The lowest BCUT2D eigenvalue weighted by molar-refractivity contribution is -0.137. The van der Waals surface area contributed by atoms with E-state index in [0.717, 1.165) is 23.2 Å². The Kier molecular flexibility index (Phi) is 6.72. The summed E-state index contributed by atoms with van der Waals surface area (Å²) in [6, 6.07) is 16.3. The third kappa shape index (κ3) is 4.96. The van der Waals surface area contributed by atoms with Gasteiger partial charge in [0.2, 0.25) is 0 Å². The zero-order chi connectivity index (χ0) is 26.2. The number of anilines is 2. The maximum absolute atomic E-state index is 13.4. The highest BCUT2D eigenvalue weighted by atomic mass is 35.5. The number of ether oxygens (including phenoxy) is 2. The second-order valence-electron chi connectivity index (χ2n) is 8.60. The summed E-state index contributed by atoms with van der Waals surface area (Å²) in [5.74, 6) is 1.81. The standard InChI is InChI=1S/C27H24ClF3N4O2/c1-36-23-15-19-21(16-24(23)37-2)32-25(17-6-5-7-18(14-17)27(29,30)31)33-26(19)35-12-10-34(11-13-35)22-9-4-3-8-20(22)28/h3-9,14-16H,10-13H2,1-2H3. The maximum Gasteiger partial charge on any atom is 0.416 e. The second-order valence-corrected chi connectivity index (χ2v) is 9.01. The molecule has 1 fully saturated rings. The largest absolute Gasteiger partial charge is 0.493 e. The fourth-order valence-electron chi connectivity index (χ4n) is 4.51. The number of methoxy groups -OCH3 is 2. The topological polar surface area (TPSA) is 50.7 Å². The predicted molar refractivity (Wildman–Crippen MR) is 139 cm³/mol. The van der Waals surface area contributed by atoms with Crippen LogP contribution in [0.2, 0.25) is 5.02 Å². The number of hydrogen-bond donors (Lipinski definition) is 0. The Balaban J connectivity index is 1.58. The Morgan fingerprint density at radius 2 is 1.49 bits per heavy atom. The van der Waals surface area contributed by atoms with E-state index < -0.39 is 11.7 Å². The molecule has 0 radical (unpaired) electrons. The molecule has 192 valence electrons. The zero-order valence-electron chi connectivity index (χ0n) is 20.2. The van der Waals surface area contributed by atoms with Crippen LogP contribution in [-0.4, -0.2) is 50.4 Å². The van der Waals surface area contributed by atoms with Crippen LogP contribution >= 0.6 is 11.6 Å². The molecule has 2 heterocycles. The SMILES string of the molecule is COc1cc2nc(-c3cccc(C(F)(F)F)c3)nc(N3CCN(c4ccccc4Cl)CC3)c2cc1OC. The molecule has 0 aliphatic carbocycles. The number of piperazine rings is 1. The van der Waals surface area contributed by atoms with Crippen molar-refractivity contribution >= 4 is 34.0 Å². The quantitative estimate of drug-likeness (QED) is 0.302. The van der Waals surface area contributed by atoms with Crippen molar-refractivity contribution in [1.82, 2.24) is 9.97 Å². The summed E-state index contributed by atoms with van der Waals surface area (Å²) in [6.07, 6.45) is -4.47. The van der Waals surface area contributed by atoms with E-state index in [1.54, 1.807) is 25.3 Å². The van der Waals surface area contributed by atoms with Gasteiger partial charge in [-0.05, 0) is 30.3 Å². The maximum atomic E-state index is 13.4. The number of alkyl halides is 3. The van der Waals surface area contributed by atoms with E-state index in [1.807, 2.05) is 24.3 Å². The highest BCUT2D eigenvalue weighted by Crippen LogP contribution is 2.38. The number of halogens is 4. The van der Waals surface area contributed by atoms with Crippen molar-refractivity contribution in [1.29, 1.82) is 0 Å². The summed E-state index contributed by atoms with van der Waals surface area (Å²) >= 11 is 6.40. The average molecular weight is 529 g/mol. The molecule has 1 aliphatic heterocycles. The van der Waals surface area contributed by atoms with E-state index in [9.17, 15) is 13.2 Å². The summed E-state index contributed by atoms with van der Waals surface area (Å²) < 4.78 is 51.1. The van der Waals surface area contributed by atoms with Gasteiger partial charge in [-0.15, -0.1) is 0 Å². The van der Waals surface area contributed by atoms with Crippen LogP contribution in [0.4, 0.5) is 24.7 Å². The first-order chi connectivity index (χ1) is 17.8. The third-order valence-electron chi connectivity index (χ3n) is 6.40. The smallest absolute Gasteiger partial charge is 0.416 e. The highest BCUT2D eigenvalue weighted by Gasteiger charge is 2.31. The van der Waals surface area contributed by atoms with Gasteiger partial charge < -0.3 is 19.3 Å². The molecule has 1 saturated heterocycles. The number of rotatable bonds is 5. The van der Waals surface area contributed by atoms with Crippen LogP contribution in [0.1, 0.15) is 5.56 Å². The average Bonchev–Trinajstić information content (AvgIpc) is 2.91. The van der Waals surface area contributed by atoms with Crippen molar-refractivity contribution < 1.29 is 22.6 Å². The molecule has 5 rings (SSSR count). The summed E-state index contributed by atoms with van der Waals surface area (Å²) in [6.45, 7) is 2.66. The minimum atomic E-state index is -4.47. The monoisotopic (exact) mass is 528 g/mol. The molecule has 37 heavy (non-hydrogen) atoms. The first-order valence-corrected chi connectivity index (χ1v) is 12.0. The lowest BCUT2D eigenvalue weighted by Crippen LogP contribution is -2.47. The number of benzene rings is 3. The molecule has 6 nitrogen and oxygen atoms in total. The van der Waals surface area contributed by atoms with Crippen LogP contribution < -0.4 is 19.3 Å². The van der Waals surface area contributed by atoms with Crippen LogP contribution in [0.15, 0.2) is 60.7 Å². The molecule has 0 bridgehead atoms. The molecule has 0 unspecified atom stereocenters. The van der Waals surface area contributed by atoms with Gasteiger partial charge in [0.15, 0.2) is 17.3 Å². The number of aromatic nitrogens is 2. The molecule has 0 atom stereocenters. The minimum absolute atomic E-state index is 0.203. The van der Waals surface area contributed by atoms with E-state index in [0.29, 0.717) is 54.0 Å². The van der Waals surface area contributed by atoms with Crippen LogP contribution in [0.3, 0.4) is 0 Å². The third-order valence-corrected chi connectivity index (χ3v) is 6.72. The van der Waals surface area contributed by atoms with Gasteiger partial charge in [-0.25, -0.2) is 9.97 Å². The van der Waals surface area contributed by atoms with Gasteiger partial charge >= 0.3 is 6.18 Å². The van der Waals surface area contributed by atoms with Crippen molar-refractivity contribution in [2.45, 2.75) is 6.18 Å². The normalized spacial score (nSPS) is 14.2. The van der Waals surface area contributed by atoms with E-state index in [1.165, 1.54) is 13.2 Å². The summed E-state index contributed by atoms with van der Waals surface area (Å²) in [7, 11) is 3.07. The highest BCUT2D eigenvalue weighted by molar-refractivity contribution is 6.33. The molecule has 4 aromatic rings. The van der Waals surface area contributed by atoms with Crippen LogP contribution in [0, 0.1) is 0 Å². The van der Waals surface area contributed by atoms with Crippen molar-refractivity contribution in [3.05, 3.63) is 71.2 Å². The predicted octanol–water partition coefficient (Wildman–Crippen LogP) is 6.31. The van der Waals surface area contributed by atoms with Crippen LogP contribution in [0.25, 0.3) is 22.3 Å². The van der Waals surface area contributed by atoms with Gasteiger partial charge in [0, 0.05) is 43.2 Å². The number of fused-ring (bicyclic) bond motifs is 1. The molecule has 0 amide bonds. The molecule has 1 aliphatic rings. The molecule has 1 aromatic heterocycles. The second kappa shape index (κ2) is 9.97. The zero-order valence-corrected chi connectivity index (χ0v) is 21.0. The van der Waals surface area contributed by atoms with Gasteiger partial charge in [-0.2, -0.15) is 13.2 Å². The van der Waals surface area contributed by atoms with Gasteiger partial charge in [0.05, 0.1) is 36.0 Å². The Bertz CT molecular complexity index is 1440. The first-order valence-electron chi connectivity index (χ1n) is 11.6. The molecule has 10 heteroatoms. The van der Waals surface area contributed by atoms with Crippen LogP contribution in [0.5, 0.6) is 11.5 Å². The molecular weight excluding hydrogens is 505 g/mol. The summed E-state index contributed by atoms with van der Waals surface area (Å²) in [5, 5.41) is 1.41. The molecule has 0 N–H and O–H groups in total. The molecule has 3 aromatic carbocycles. The van der Waals surface area contributed by atoms with E-state index in [-0.39, 0.29) is 11.4 Å². The van der Waals surface area contributed by atoms with Gasteiger partial charge in [0.25, 0.3) is 0 Å². The summed E-state index contributed by atoms with van der Waals surface area (Å²) in [5.41, 5.74) is 1.04. The molecule has 0 spiro atoms. The Morgan fingerprint density at radius 1 is 0.811 bits per heavy atom. The number of nitrogens with zero attached hydrogens (tertiary/aromatic N) is 4. The molecule has 0 saturated carbocycles. The number of hydrogen-bond acceptors (Lipinski definition) is 6. The van der Waals surface area contributed by atoms with E-state index >= 15 is 0 Å².